The highest BCUT2D eigenvalue weighted by molar-refractivity contribution is 6.14. The molecule has 1 atom stereocenters. The van der Waals surface area contributed by atoms with E-state index in [0.29, 0.717) is 23.7 Å². The van der Waals surface area contributed by atoms with Crippen LogP contribution in [0.4, 0.5) is 0 Å². The molecular formula is C21H20O5. The van der Waals surface area contributed by atoms with Gasteiger partial charge in [-0.2, -0.15) is 0 Å². The summed E-state index contributed by atoms with van der Waals surface area (Å²) < 4.78 is 16.2. The van der Waals surface area contributed by atoms with E-state index in [-0.39, 0.29) is 11.5 Å². The average Bonchev–Trinajstić information content (AvgIpc) is 2.90. The molecule has 0 spiro atoms. The zero-order valence-corrected chi connectivity index (χ0v) is 14.9. The average molecular weight is 352 g/mol. The Morgan fingerprint density at radius 1 is 1.23 bits per heavy atom. The summed E-state index contributed by atoms with van der Waals surface area (Å²) in [5.41, 5.74) is 2.47. The number of rotatable bonds is 5. The summed E-state index contributed by atoms with van der Waals surface area (Å²) >= 11 is 0. The zero-order valence-electron chi connectivity index (χ0n) is 14.9. The van der Waals surface area contributed by atoms with Gasteiger partial charge in [0.15, 0.2) is 11.9 Å². The third kappa shape index (κ3) is 3.77. The summed E-state index contributed by atoms with van der Waals surface area (Å²) in [5.74, 6) is 0.508. The van der Waals surface area contributed by atoms with Gasteiger partial charge in [-0.3, -0.25) is 4.79 Å². The van der Waals surface area contributed by atoms with Crippen LogP contribution in [0.15, 0.2) is 48.2 Å². The number of Topliss-reactive ketones (excluding diaryl/α,β-unsaturated/α-hetero) is 1. The van der Waals surface area contributed by atoms with Gasteiger partial charge in [-0.25, -0.2) is 4.79 Å². The smallest absolute Gasteiger partial charge is 0.347 e. The third-order valence-corrected chi connectivity index (χ3v) is 3.91. The normalized spacial score (nSPS) is 15.3. The zero-order chi connectivity index (χ0) is 18.7. The molecule has 2 aromatic rings. The van der Waals surface area contributed by atoms with E-state index in [1.54, 1.807) is 38.1 Å². The Labute approximate surface area is 152 Å². The summed E-state index contributed by atoms with van der Waals surface area (Å²) in [6.07, 6.45) is 0.976. The van der Waals surface area contributed by atoms with Crippen molar-refractivity contribution in [2.45, 2.75) is 26.9 Å². The minimum Gasteiger partial charge on any atom is -0.479 e. The van der Waals surface area contributed by atoms with Gasteiger partial charge >= 0.3 is 5.97 Å². The van der Waals surface area contributed by atoms with Crippen molar-refractivity contribution in [3.63, 3.8) is 0 Å². The van der Waals surface area contributed by atoms with E-state index < -0.39 is 12.1 Å². The maximum absolute atomic E-state index is 12.5. The second kappa shape index (κ2) is 7.44. The molecule has 0 saturated heterocycles. The van der Waals surface area contributed by atoms with Crippen LogP contribution in [0.2, 0.25) is 0 Å². The molecule has 1 aliphatic heterocycles. The molecule has 0 fully saturated rings. The van der Waals surface area contributed by atoms with E-state index in [4.69, 9.17) is 14.2 Å². The van der Waals surface area contributed by atoms with Crippen molar-refractivity contribution in [1.82, 2.24) is 0 Å². The predicted molar refractivity (Wildman–Crippen MR) is 97.3 cm³/mol. The van der Waals surface area contributed by atoms with Crippen LogP contribution in [-0.2, 0) is 9.53 Å². The van der Waals surface area contributed by atoms with E-state index in [1.807, 2.05) is 31.2 Å². The Morgan fingerprint density at radius 3 is 2.77 bits per heavy atom. The van der Waals surface area contributed by atoms with Gasteiger partial charge in [-0.15, -0.1) is 0 Å². The summed E-state index contributed by atoms with van der Waals surface area (Å²) in [6, 6.07) is 12.7. The van der Waals surface area contributed by atoms with E-state index in [9.17, 15) is 9.59 Å². The molecule has 0 aromatic heterocycles. The number of ether oxygens (including phenoxy) is 3. The Balaban J connectivity index is 1.79. The highest BCUT2D eigenvalue weighted by Gasteiger charge is 2.28. The molecule has 0 radical (unpaired) electrons. The molecule has 5 nitrogen and oxygen atoms in total. The number of esters is 1. The fourth-order valence-electron chi connectivity index (χ4n) is 2.66. The van der Waals surface area contributed by atoms with Crippen molar-refractivity contribution in [1.29, 1.82) is 0 Å². The van der Waals surface area contributed by atoms with Crippen LogP contribution in [0.1, 0.15) is 35.3 Å². The number of allylic oxidation sites excluding steroid dienone is 1. The quantitative estimate of drug-likeness (QED) is 0.602. The molecule has 1 heterocycles. The predicted octanol–water partition coefficient (Wildman–Crippen LogP) is 3.94. The van der Waals surface area contributed by atoms with Crippen molar-refractivity contribution in [3.05, 3.63) is 64.9 Å². The number of hydrogen-bond donors (Lipinski definition) is 0. The van der Waals surface area contributed by atoms with Crippen LogP contribution in [-0.4, -0.2) is 24.5 Å². The second-order valence-electron chi connectivity index (χ2n) is 6.02. The van der Waals surface area contributed by atoms with Crippen LogP contribution >= 0.6 is 0 Å². The molecule has 3 rings (SSSR count). The Bertz CT molecular complexity index is 882. The Hall–Kier alpha value is -3.08. The molecule has 0 unspecified atom stereocenters. The lowest BCUT2D eigenvalue weighted by Crippen LogP contribution is -2.26. The minimum atomic E-state index is -0.743. The second-order valence-corrected chi connectivity index (χ2v) is 6.02. The summed E-state index contributed by atoms with van der Waals surface area (Å²) in [7, 11) is 0. The van der Waals surface area contributed by atoms with Gasteiger partial charge in [-0.05, 0) is 44.5 Å². The lowest BCUT2D eigenvalue weighted by atomic mass is 10.1. The third-order valence-electron chi connectivity index (χ3n) is 3.91. The number of ketones is 1. The number of fused-ring (bicyclic) bond motifs is 1. The van der Waals surface area contributed by atoms with Gasteiger partial charge in [0.1, 0.15) is 11.5 Å². The van der Waals surface area contributed by atoms with E-state index in [2.05, 4.69) is 0 Å². The molecule has 0 amide bonds. The number of carbonyl (C=O) groups is 2. The van der Waals surface area contributed by atoms with Crippen LogP contribution in [0.3, 0.4) is 0 Å². The highest BCUT2D eigenvalue weighted by Crippen LogP contribution is 2.35. The van der Waals surface area contributed by atoms with Gasteiger partial charge in [0.2, 0.25) is 5.78 Å². The van der Waals surface area contributed by atoms with Gasteiger partial charge in [0.25, 0.3) is 0 Å². The first-order valence-electron chi connectivity index (χ1n) is 8.46. The lowest BCUT2D eigenvalue weighted by molar-refractivity contribution is -0.150. The maximum Gasteiger partial charge on any atom is 0.347 e. The topological polar surface area (TPSA) is 61.8 Å². The van der Waals surface area contributed by atoms with Crippen molar-refractivity contribution in [2.24, 2.45) is 0 Å². The molecule has 2 aromatic carbocycles. The molecule has 5 heteroatoms. The number of hydrogen-bond acceptors (Lipinski definition) is 5. The number of benzene rings is 2. The molecule has 0 bridgehead atoms. The first-order valence-corrected chi connectivity index (χ1v) is 8.46. The fourth-order valence-corrected chi connectivity index (χ4v) is 2.66. The van der Waals surface area contributed by atoms with Gasteiger partial charge in [0, 0.05) is 6.07 Å². The molecular weight excluding hydrogens is 332 g/mol. The molecule has 1 aliphatic rings. The first-order chi connectivity index (χ1) is 12.5. The maximum atomic E-state index is 12.5. The SMILES string of the molecule is CCOC(=O)[C@@H](C)Oc1ccc2c(c1)OC(=Cc1cccc(C)c1)C2=O. The van der Waals surface area contributed by atoms with Crippen LogP contribution in [0, 0.1) is 6.92 Å². The highest BCUT2D eigenvalue weighted by atomic mass is 16.6. The van der Waals surface area contributed by atoms with Crippen LogP contribution in [0.25, 0.3) is 6.08 Å². The molecule has 0 N–H and O–H groups in total. The van der Waals surface area contributed by atoms with Crippen LogP contribution in [0.5, 0.6) is 11.5 Å². The Kier molecular flexibility index (Phi) is 5.07. The van der Waals surface area contributed by atoms with Gasteiger partial charge < -0.3 is 14.2 Å². The number of carbonyl (C=O) groups excluding carboxylic acids is 2. The molecule has 0 aliphatic carbocycles. The number of aryl methyl sites for hydroxylation is 1. The van der Waals surface area contributed by atoms with Gasteiger partial charge in [0.05, 0.1) is 12.2 Å². The van der Waals surface area contributed by atoms with Crippen molar-refractivity contribution < 1.29 is 23.8 Å². The van der Waals surface area contributed by atoms with Crippen LogP contribution < -0.4 is 9.47 Å². The lowest BCUT2D eigenvalue weighted by Gasteiger charge is -2.13. The summed E-state index contributed by atoms with van der Waals surface area (Å²) in [4.78, 5) is 24.2. The molecule has 134 valence electrons. The summed E-state index contributed by atoms with van der Waals surface area (Å²) in [6.45, 7) is 5.63. The molecule has 0 saturated carbocycles. The monoisotopic (exact) mass is 352 g/mol. The van der Waals surface area contributed by atoms with Crippen molar-refractivity contribution in [2.75, 3.05) is 6.61 Å². The largest absolute Gasteiger partial charge is 0.479 e. The van der Waals surface area contributed by atoms with E-state index >= 15 is 0 Å². The summed E-state index contributed by atoms with van der Waals surface area (Å²) in [5, 5.41) is 0. The fraction of sp³-hybridized carbons (Fsp3) is 0.238. The minimum absolute atomic E-state index is 0.175. The first kappa shape index (κ1) is 17.7. The Morgan fingerprint density at radius 2 is 2.04 bits per heavy atom. The van der Waals surface area contributed by atoms with Crippen molar-refractivity contribution in [3.8, 4) is 11.5 Å². The van der Waals surface area contributed by atoms with Gasteiger partial charge in [-0.1, -0.05) is 29.8 Å². The van der Waals surface area contributed by atoms with E-state index in [1.165, 1.54) is 0 Å². The van der Waals surface area contributed by atoms with E-state index in [0.717, 1.165) is 11.1 Å². The van der Waals surface area contributed by atoms with Crippen molar-refractivity contribution >= 4 is 17.8 Å². The standard InChI is InChI=1S/C21H20O5/c1-4-24-21(23)14(3)25-16-8-9-17-18(12-16)26-19(20(17)22)11-15-7-5-6-13(2)10-15/h5-12,14H,4H2,1-3H3/t14-/m1/s1. The molecule has 26 heavy (non-hydrogen) atoms.